The number of pyridine rings is 1. The lowest BCUT2D eigenvalue weighted by Gasteiger charge is -2.03. The highest BCUT2D eigenvalue weighted by Gasteiger charge is 2.10. The normalized spacial score (nSPS) is 10.8. The monoisotopic (exact) mass is 291 g/mol. The van der Waals surface area contributed by atoms with Crippen molar-refractivity contribution in [1.29, 1.82) is 0 Å². The Morgan fingerprint density at radius 1 is 1.21 bits per heavy atom. The average molecular weight is 292 g/mol. The molecule has 6 heteroatoms. The van der Waals surface area contributed by atoms with Crippen molar-refractivity contribution >= 4 is 38.8 Å². The summed E-state index contributed by atoms with van der Waals surface area (Å²) in [5.41, 5.74) is 2.35. The molecule has 3 rings (SSSR count). The smallest absolute Gasteiger partial charge is 0.152 e. The minimum absolute atomic E-state index is 0.235. The molecular formula is C13H10ClN3OS. The molecule has 0 saturated heterocycles. The fourth-order valence-corrected chi connectivity index (χ4v) is 2.98. The average Bonchev–Trinajstić information content (AvgIpc) is 2.81. The molecule has 0 unspecified atom stereocenters. The van der Waals surface area contributed by atoms with Gasteiger partial charge in [-0.3, -0.25) is 0 Å². The van der Waals surface area contributed by atoms with Gasteiger partial charge in [0, 0.05) is 7.05 Å². The van der Waals surface area contributed by atoms with Crippen LogP contribution < -0.4 is 5.32 Å². The van der Waals surface area contributed by atoms with E-state index < -0.39 is 0 Å². The van der Waals surface area contributed by atoms with Crippen LogP contribution in [-0.4, -0.2) is 22.1 Å². The zero-order valence-corrected chi connectivity index (χ0v) is 11.6. The highest BCUT2D eigenvalue weighted by atomic mass is 35.5. The third kappa shape index (κ3) is 2.22. The minimum atomic E-state index is 0.235. The van der Waals surface area contributed by atoms with Gasteiger partial charge in [-0.15, -0.1) is 11.3 Å². The van der Waals surface area contributed by atoms with Crippen LogP contribution >= 0.6 is 22.9 Å². The molecule has 2 aromatic heterocycles. The minimum Gasteiger partial charge on any atom is -0.508 e. The third-order valence-electron chi connectivity index (χ3n) is 2.71. The molecule has 0 amide bonds. The molecule has 2 N–H and O–H groups in total. The second-order valence-electron chi connectivity index (χ2n) is 3.96. The van der Waals surface area contributed by atoms with Crippen molar-refractivity contribution in [3.63, 3.8) is 0 Å². The number of hydrogen-bond acceptors (Lipinski definition) is 5. The first-order valence-electron chi connectivity index (χ1n) is 5.61. The van der Waals surface area contributed by atoms with E-state index in [-0.39, 0.29) is 5.75 Å². The van der Waals surface area contributed by atoms with Gasteiger partial charge in [-0.2, -0.15) is 0 Å². The third-order valence-corrected chi connectivity index (χ3v) is 4.04. The Morgan fingerprint density at radius 2 is 2.05 bits per heavy atom. The van der Waals surface area contributed by atoms with Crippen LogP contribution in [0, 0.1) is 0 Å². The van der Waals surface area contributed by atoms with Crippen LogP contribution in [0.2, 0.25) is 5.15 Å². The van der Waals surface area contributed by atoms with Gasteiger partial charge in [0.25, 0.3) is 0 Å². The Hall–Kier alpha value is -1.85. The van der Waals surface area contributed by atoms with E-state index in [1.54, 1.807) is 25.2 Å². The van der Waals surface area contributed by atoms with Crippen LogP contribution in [0.3, 0.4) is 0 Å². The Morgan fingerprint density at radius 3 is 2.79 bits per heavy atom. The zero-order valence-electron chi connectivity index (χ0n) is 10.0. The molecule has 0 saturated carbocycles. The van der Waals surface area contributed by atoms with E-state index in [0.29, 0.717) is 5.15 Å². The van der Waals surface area contributed by atoms with E-state index in [1.807, 2.05) is 12.1 Å². The molecule has 19 heavy (non-hydrogen) atoms. The summed E-state index contributed by atoms with van der Waals surface area (Å²) in [6.07, 6.45) is 0. The molecule has 3 aromatic rings. The first kappa shape index (κ1) is 12.2. The van der Waals surface area contributed by atoms with Crippen LogP contribution in [0.5, 0.6) is 5.75 Å². The van der Waals surface area contributed by atoms with Crippen molar-refractivity contribution in [2.75, 3.05) is 12.4 Å². The zero-order chi connectivity index (χ0) is 13.4. The lowest BCUT2D eigenvalue weighted by Crippen LogP contribution is -1.92. The highest BCUT2D eigenvalue weighted by Crippen LogP contribution is 2.32. The molecule has 2 heterocycles. The number of halogens is 1. The van der Waals surface area contributed by atoms with E-state index in [4.69, 9.17) is 11.6 Å². The molecule has 0 aliphatic rings. The summed E-state index contributed by atoms with van der Waals surface area (Å²) < 4.78 is 0.922. The number of thiazole rings is 1. The van der Waals surface area contributed by atoms with Gasteiger partial charge in [-0.05, 0) is 30.3 Å². The van der Waals surface area contributed by atoms with Crippen LogP contribution in [0.1, 0.15) is 0 Å². The number of benzene rings is 1. The van der Waals surface area contributed by atoms with Crippen LogP contribution in [0.15, 0.2) is 30.3 Å². The van der Waals surface area contributed by atoms with Crippen molar-refractivity contribution in [2.45, 2.75) is 0 Å². The SMILES string of the molecule is CNc1ccc(-c2nc3ccc(O)cc3s2)nc1Cl. The summed E-state index contributed by atoms with van der Waals surface area (Å²) in [4.78, 5) is 8.81. The standard InChI is InChI=1S/C13H10ClN3OS/c1-15-9-4-5-10(16-12(9)14)13-17-8-3-2-7(18)6-11(8)19-13/h2-6,15,18H,1H3. The molecule has 0 fully saturated rings. The largest absolute Gasteiger partial charge is 0.508 e. The van der Waals surface area contributed by atoms with Crippen LogP contribution in [0.4, 0.5) is 5.69 Å². The van der Waals surface area contributed by atoms with Gasteiger partial charge in [0.15, 0.2) is 5.15 Å². The van der Waals surface area contributed by atoms with Gasteiger partial charge in [0.1, 0.15) is 16.5 Å². The summed E-state index contributed by atoms with van der Waals surface area (Å²) in [5, 5.41) is 13.6. The predicted molar refractivity (Wildman–Crippen MR) is 79.1 cm³/mol. The number of phenols is 1. The van der Waals surface area contributed by atoms with Gasteiger partial charge in [0.2, 0.25) is 0 Å². The predicted octanol–water partition coefficient (Wildman–Crippen LogP) is 3.76. The fraction of sp³-hybridized carbons (Fsp3) is 0.0769. The number of aromatic nitrogens is 2. The van der Waals surface area contributed by atoms with Crippen LogP contribution in [-0.2, 0) is 0 Å². The number of nitrogens with zero attached hydrogens (tertiary/aromatic N) is 2. The fourth-order valence-electron chi connectivity index (χ4n) is 1.76. The quantitative estimate of drug-likeness (QED) is 0.706. The number of hydrogen-bond donors (Lipinski definition) is 2. The Labute approximate surface area is 118 Å². The maximum atomic E-state index is 9.46. The molecule has 0 aliphatic carbocycles. The van der Waals surface area contributed by atoms with Crippen molar-refractivity contribution in [3.8, 4) is 16.5 Å². The van der Waals surface area contributed by atoms with Crippen molar-refractivity contribution in [1.82, 2.24) is 9.97 Å². The molecule has 0 atom stereocenters. The molecule has 96 valence electrons. The van der Waals surface area contributed by atoms with E-state index >= 15 is 0 Å². The molecular weight excluding hydrogens is 282 g/mol. The van der Waals surface area contributed by atoms with Crippen LogP contribution in [0.25, 0.3) is 20.9 Å². The van der Waals surface area contributed by atoms with Gasteiger partial charge < -0.3 is 10.4 Å². The summed E-state index contributed by atoms with van der Waals surface area (Å²) in [5.74, 6) is 0.235. The number of rotatable bonds is 2. The van der Waals surface area contributed by atoms with E-state index in [1.165, 1.54) is 11.3 Å². The Kier molecular flexibility index (Phi) is 3.00. The first-order valence-corrected chi connectivity index (χ1v) is 6.81. The number of nitrogens with one attached hydrogen (secondary N) is 1. The second kappa shape index (κ2) is 4.68. The molecule has 0 spiro atoms. The van der Waals surface area contributed by atoms with Crippen molar-refractivity contribution < 1.29 is 5.11 Å². The summed E-state index contributed by atoms with van der Waals surface area (Å²) in [6.45, 7) is 0. The van der Waals surface area contributed by atoms with Gasteiger partial charge in [-0.1, -0.05) is 11.6 Å². The Balaban J connectivity index is 2.11. The first-order chi connectivity index (χ1) is 9.17. The number of phenolic OH excluding ortho intramolecular Hbond substituents is 1. The molecule has 0 radical (unpaired) electrons. The van der Waals surface area contributed by atoms with E-state index in [9.17, 15) is 5.11 Å². The number of fused-ring (bicyclic) bond motifs is 1. The highest BCUT2D eigenvalue weighted by molar-refractivity contribution is 7.21. The van der Waals surface area contributed by atoms with Crippen molar-refractivity contribution in [3.05, 3.63) is 35.5 Å². The molecule has 0 aliphatic heterocycles. The molecule has 1 aromatic carbocycles. The summed E-state index contributed by atoms with van der Waals surface area (Å²) in [7, 11) is 1.79. The Bertz CT molecular complexity index is 757. The number of aromatic hydroxyl groups is 1. The van der Waals surface area contributed by atoms with Gasteiger partial charge in [0.05, 0.1) is 15.9 Å². The van der Waals surface area contributed by atoms with E-state index in [2.05, 4.69) is 15.3 Å². The molecule has 4 nitrogen and oxygen atoms in total. The summed E-state index contributed by atoms with van der Waals surface area (Å²) in [6, 6.07) is 8.84. The topological polar surface area (TPSA) is 58.0 Å². The maximum absolute atomic E-state index is 9.46. The maximum Gasteiger partial charge on any atom is 0.152 e. The lowest BCUT2D eigenvalue weighted by atomic mass is 10.3. The van der Waals surface area contributed by atoms with Gasteiger partial charge >= 0.3 is 0 Å². The number of anilines is 1. The van der Waals surface area contributed by atoms with E-state index in [0.717, 1.165) is 26.6 Å². The summed E-state index contributed by atoms with van der Waals surface area (Å²) >= 11 is 7.54. The molecule has 0 bridgehead atoms. The lowest BCUT2D eigenvalue weighted by molar-refractivity contribution is 0.476. The van der Waals surface area contributed by atoms with Crippen molar-refractivity contribution in [2.24, 2.45) is 0 Å². The van der Waals surface area contributed by atoms with Gasteiger partial charge in [-0.25, -0.2) is 9.97 Å². The second-order valence-corrected chi connectivity index (χ2v) is 5.34.